The fraction of sp³-hybridized carbons (Fsp3) is 0.381. The van der Waals surface area contributed by atoms with Crippen LogP contribution in [0.15, 0.2) is 47.4 Å². The summed E-state index contributed by atoms with van der Waals surface area (Å²) >= 11 is 0. The molecule has 7 heteroatoms. The maximum absolute atomic E-state index is 12.7. The average molecular weight is 425 g/mol. The molecule has 0 spiro atoms. The lowest BCUT2D eigenvalue weighted by Crippen LogP contribution is -2.40. The number of halogens is 1. The van der Waals surface area contributed by atoms with E-state index in [1.807, 2.05) is 38.1 Å². The highest BCUT2D eigenvalue weighted by atomic mass is 35.5. The second kappa shape index (κ2) is 9.54. The zero-order valence-corrected chi connectivity index (χ0v) is 18.5. The van der Waals surface area contributed by atoms with Gasteiger partial charge < -0.3 is 11.1 Å². The van der Waals surface area contributed by atoms with Gasteiger partial charge in [-0.15, -0.1) is 12.4 Å². The van der Waals surface area contributed by atoms with Gasteiger partial charge in [-0.2, -0.15) is 0 Å². The number of nitrogens with two attached hydrogens (primary N) is 1. The molecule has 0 aliphatic rings. The Kier molecular flexibility index (Phi) is 8.23. The third-order valence-corrected chi connectivity index (χ3v) is 5.95. The van der Waals surface area contributed by atoms with Gasteiger partial charge >= 0.3 is 0 Å². The fourth-order valence-corrected chi connectivity index (χ4v) is 3.60. The molecule has 2 aromatic carbocycles. The maximum Gasteiger partial charge on any atom is 0.225 e. The minimum absolute atomic E-state index is 0. The van der Waals surface area contributed by atoms with Crippen LogP contribution in [-0.4, -0.2) is 26.6 Å². The Labute approximate surface area is 174 Å². The number of aryl methyl sites for hydroxylation is 2. The quantitative estimate of drug-likeness (QED) is 0.744. The van der Waals surface area contributed by atoms with Crippen LogP contribution in [0.2, 0.25) is 0 Å². The summed E-state index contributed by atoms with van der Waals surface area (Å²) in [6.45, 7) is 7.57. The van der Waals surface area contributed by atoms with Crippen LogP contribution in [0.5, 0.6) is 0 Å². The van der Waals surface area contributed by atoms with Crippen molar-refractivity contribution in [2.45, 2.75) is 44.7 Å². The van der Waals surface area contributed by atoms with Crippen molar-refractivity contribution < 1.29 is 13.2 Å². The van der Waals surface area contributed by atoms with Crippen LogP contribution in [0.25, 0.3) is 0 Å². The summed E-state index contributed by atoms with van der Waals surface area (Å²) in [5.41, 5.74) is 9.67. The van der Waals surface area contributed by atoms with Gasteiger partial charge in [-0.1, -0.05) is 42.8 Å². The van der Waals surface area contributed by atoms with Crippen molar-refractivity contribution in [1.82, 2.24) is 5.32 Å². The highest BCUT2D eigenvalue weighted by Crippen LogP contribution is 2.28. The molecule has 0 radical (unpaired) electrons. The molecule has 2 aromatic rings. The van der Waals surface area contributed by atoms with E-state index in [4.69, 9.17) is 5.73 Å². The first-order chi connectivity index (χ1) is 12.5. The molecule has 0 bridgehead atoms. The number of nitrogens with one attached hydrogen (secondary N) is 1. The summed E-state index contributed by atoms with van der Waals surface area (Å²) in [4.78, 5) is 12.9. The van der Waals surface area contributed by atoms with Gasteiger partial charge in [0.2, 0.25) is 5.91 Å². The first kappa shape index (κ1) is 24.1. The third kappa shape index (κ3) is 5.80. The third-order valence-electron chi connectivity index (χ3n) is 4.84. The molecule has 5 nitrogen and oxygen atoms in total. The minimum atomic E-state index is -3.35. The van der Waals surface area contributed by atoms with Crippen molar-refractivity contribution in [3.63, 3.8) is 0 Å². The van der Waals surface area contributed by atoms with E-state index < -0.39 is 15.9 Å². The molecule has 28 heavy (non-hydrogen) atoms. The average Bonchev–Trinajstić information content (AvgIpc) is 2.58. The molecular formula is C21H29ClN2O3S. The van der Waals surface area contributed by atoms with E-state index in [1.165, 1.54) is 6.26 Å². The Morgan fingerprint density at radius 2 is 1.71 bits per heavy atom. The molecule has 0 saturated heterocycles. The van der Waals surface area contributed by atoms with Gasteiger partial charge in [0.1, 0.15) is 0 Å². The number of carbonyl (C=O) groups excluding carboxylic acids is 1. The second-order valence-electron chi connectivity index (χ2n) is 7.29. The van der Waals surface area contributed by atoms with Crippen LogP contribution in [0, 0.1) is 19.8 Å². The molecule has 1 amide bonds. The molecule has 3 N–H and O–H groups in total. The van der Waals surface area contributed by atoms with Gasteiger partial charge in [0.15, 0.2) is 9.84 Å². The van der Waals surface area contributed by atoms with Crippen molar-refractivity contribution in [1.29, 1.82) is 0 Å². The van der Waals surface area contributed by atoms with Crippen molar-refractivity contribution >= 4 is 28.2 Å². The Balaban J connectivity index is 0.00000392. The molecule has 3 atom stereocenters. The summed E-state index contributed by atoms with van der Waals surface area (Å²) in [6, 6.07) is 12.0. The molecule has 0 aromatic heterocycles. The highest BCUT2D eigenvalue weighted by molar-refractivity contribution is 7.90. The largest absolute Gasteiger partial charge is 0.345 e. The standard InChI is InChI=1S/C21H28N2O3S.ClH/c1-13-9-10-19(14(2)11-13)20(23-21(24)15(3)16(4)22)17-7-6-8-18(12-17)27(5,25)26;/h6-12,15-16,20H,22H2,1-5H3,(H,23,24);1H. The predicted molar refractivity (Wildman–Crippen MR) is 116 cm³/mol. The summed E-state index contributed by atoms with van der Waals surface area (Å²) in [5, 5.41) is 3.06. The molecule has 154 valence electrons. The van der Waals surface area contributed by atoms with Crippen LogP contribution >= 0.6 is 12.4 Å². The van der Waals surface area contributed by atoms with Gasteiger partial charge in [0.25, 0.3) is 0 Å². The lowest BCUT2D eigenvalue weighted by molar-refractivity contribution is -0.125. The second-order valence-corrected chi connectivity index (χ2v) is 9.31. The molecule has 0 saturated carbocycles. The number of hydrogen-bond donors (Lipinski definition) is 2. The molecule has 0 heterocycles. The van der Waals surface area contributed by atoms with Crippen LogP contribution in [-0.2, 0) is 14.6 Å². The van der Waals surface area contributed by atoms with Crippen LogP contribution < -0.4 is 11.1 Å². The van der Waals surface area contributed by atoms with Gasteiger partial charge in [-0.25, -0.2) is 8.42 Å². The monoisotopic (exact) mass is 424 g/mol. The van der Waals surface area contributed by atoms with Crippen molar-refractivity contribution in [3.05, 3.63) is 64.7 Å². The number of amides is 1. The highest BCUT2D eigenvalue weighted by Gasteiger charge is 2.24. The van der Waals surface area contributed by atoms with E-state index >= 15 is 0 Å². The minimum Gasteiger partial charge on any atom is -0.345 e. The van der Waals surface area contributed by atoms with E-state index in [-0.39, 0.29) is 35.2 Å². The summed E-state index contributed by atoms with van der Waals surface area (Å²) in [7, 11) is -3.35. The zero-order chi connectivity index (χ0) is 20.4. The smallest absolute Gasteiger partial charge is 0.225 e. The summed E-state index contributed by atoms with van der Waals surface area (Å²) < 4.78 is 23.9. The van der Waals surface area contributed by atoms with E-state index in [1.54, 1.807) is 32.0 Å². The topological polar surface area (TPSA) is 89.3 Å². The summed E-state index contributed by atoms with van der Waals surface area (Å²) in [6.07, 6.45) is 1.18. The zero-order valence-electron chi connectivity index (χ0n) is 16.9. The molecule has 3 unspecified atom stereocenters. The molecule has 0 fully saturated rings. The first-order valence-corrected chi connectivity index (χ1v) is 10.8. The van der Waals surface area contributed by atoms with Crippen LogP contribution in [0.3, 0.4) is 0 Å². The Morgan fingerprint density at radius 1 is 1.07 bits per heavy atom. The Bertz CT molecular complexity index is 942. The van der Waals surface area contributed by atoms with Gasteiger partial charge in [-0.05, 0) is 49.6 Å². The van der Waals surface area contributed by atoms with Gasteiger partial charge in [0.05, 0.1) is 10.9 Å². The fourth-order valence-electron chi connectivity index (χ4n) is 2.93. The number of sulfone groups is 1. The van der Waals surface area contributed by atoms with Crippen LogP contribution in [0.4, 0.5) is 0 Å². The maximum atomic E-state index is 12.7. The van der Waals surface area contributed by atoms with E-state index in [0.717, 1.165) is 22.3 Å². The van der Waals surface area contributed by atoms with Crippen molar-refractivity contribution in [3.8, 4) is 0 Å². The number of hydrogen-bond acceptors (Lipinski definition) is 4. The molecule has 0 aliphatic carbocycles. The van der Waals surface area contributed by atoms with E-state index in [9.17, 15) is 13.2 Å². The lowest BCUT2D eigenvalue weighted by Gasteiger charge is -2.25. The number of rotatable bonds is 6. The summed E-state index contributed by atoms with van der Waals surface area (Å²) in [5.74, 6) is -0.531. The molecular weight excluding hydrogens is 396 g/mol. The van der Waals surface area contributed by atoms with Crippen LogP contribution in [0.1, 0.15) is 42.1 Å². The van der Waals surface area contributed by atoms with Crippen molar-refractivity contribution in [2.24, 2.45) is 11.7 Å². The predicted octanol–water partition coefficient (Wildman–Crippen LogP) is 3.32. The molecule has 2 rings (SSSR count). The van der Waals surface area contributed by atoms with Gasteiger partial charge in [0, 0.05) is 18.2 Å². The van der Waals surface area contributed by atoms with Gasteiger partial charge in [-0.3, -0.25) is 4.79 Å². The Morgan fingerprint density at radius 3 is 2.25 bits per heavy atom. The number of carbonyl (C=O) groups is 1. The van der Waals surface area contributed by atoms with E-state index in [2.05, 4.69) is 5.32 Å². The van der Waals surface area contributed by atoms with Crippen molar-refractivity contribution in [2.75, 3.05) is 6.26 Å². The van der Waals surface area contributed by atoms with E-state index in [0.29, 0.717) is 0 Å². The lowest BCUT2D eigenvalue weighted by atomic mass is 9.92. The number of benzene rings is 2. The molecule has 0 aliphatic heterocycles. The normalized spacial score (nSPS) is 14.5. The Hall–Kier alpha value is -1.89. The first-order valence-electron chi connectivity index (χ1n) is 8.94. The SMILES string of the molecule is Cc1ccc(C(NC(=O)C(C)C(C)N)c2cccc(S(C)(=O)=O)c2)c(C)c1.Cl.